The first-order chi connectivity index (χ1) is 9.94. The van der Waals surface area contributed by atoms with Crippen LogP contribution in [0.3, 0.4) is 0 Å². The molecule has 1 aromatic heterocycles. The minimum absolute atomic E-state index is 0.108. The molecule has 0 amide bonds. The van der Waals surface area contributed by atoms with Crippen molar-refractivity contribution in [3.8, 4) is 0 Å². The second-order valence-electron chi connectivity index (χ2n) is 6.63. The average Bonchev–Trinajstić information content (AvgIpc) is 2.95. The largest absolute Gasteiger partial charge is 0.330 e. The summed E-state index contributed by atoms with van der Waals surface area (Å²) in [5.74, 6) is 0.318. The van der Waals surface area contributed by atoms with Gasteiger partial charge in [0.25, 0.3) is 0 Å². The first kappa shape index (κ1) is 16.2. The molecule has 0 aliphatic heterocycles. The van der Waals surface area contributed by atoms with Crippen LogP contribution in [0.4, 0.5) is 0 Å². The monoisotopic (exact) mass is 302 g/mol. The van der Waals surface area contributed by atoms with E-state index in [0.717, 1.165) is 12.8 Å². The number of nitrogens with two attached hydrogens (primary N) is 1. The Kier molecular flexibility index (Phi) is 5.17. The van der Waals surface area contributed by atoms with Crippen LogP contribution in [0.1, 0.15) is 55.4 Å². The van der Waals surface area contributed by atoms with Gasteiger partial charge in [0.15, 0.2) is 0 Å². The summed E-state index contributed by atoms with van der Waals surface area (Å²) in [6.45, 7) is 9.43. The molecule has 3 heteroatoms. The minimum Gasteiger partial charge on any atom is -0.330 e. The average molecular weight is 302 g/mol. The Morgan fingerprint density at radius 2 is 1.76 bits per heavy atom. The normalized spacial score (nSPS) is 13.4. The molecule has 2 nitrogen and oxygen atoms in total. The van der Waals surface area contributed by atoms with Crippen LogP contribution in [-0.2, 0) is 18.3 Å². The number of thiazole rings is 1. The number of aromatic nitrogens is 1. The third kappa shape index (κ3) is 4.14. The molecular weight excluding hydrogens is 276 g/mol. The van der Waals surface area contributed by atoms with E-state index in [4.69, 9.17) is 10.7 Å². The Morgan fingerprint density at radius 1 is 1.14 bits per heavy atom. The molecule has 0 fully saturated rings. The zero-order valence-corrected chi connectivity index (χ0v) is 14.3. The predicted molar refractivity (Wildman–Crippen MR) is 92.1 cm³/mol. The molecule has 21 heavy (non-hydrogen) atoms. The highest BCUT2D eigenvalue weighted by molar-refractivity contribution is 7.09. The maximum absolute atomic E-state index is 5.99. The summed E-state index contributed by atoms with van der Waals surface area (Å²) >= 11 is 1.74. The van der Waals surface area contributed by atoms with Gasteiger partial charge in [0.05, 0.1) is 10.7 Å². The summed E-state index contributed by atoms with van der Waals surface area (Å²) < 4.78 is 0. The Balaban J connectivity index is 2.13. The van der Waals surface area contributed by atoms with Crippen molar-refractivity contribution >= 4 is 11.3 Å². The summed E-state index contributed by atoms with van der Waals surface area (Å²) in [7, 11) is 0. The van der Waals surface area contributed by atoms with Gasteiger partial charge in [-0.3, -0.25) is 0 Å². The standard InChI is InChI=1S/C18H26N2S/c1-5-13-6-8-14(9-7-13)10-15(11-19)17-20-16(12-21-17)18(2,3)4/h6-9,12,15H,5,10-11,19H2,1-4H3. The van der Waals surface area contributed by atoms with Crippen LogP contribution in [0.25, 0.3) is 0 Å². The highest BCUT2D eigenvalue weighted by Gasteiger charge is 2.21. The van der Waals surface area contributed by atoms with Crippen LogP contribution in [0.15, 0.2) is 29.6 Å². The van der Waals surface area contributed by atoms with Gasteiger partial charge in [-0.1, -0.05) is 52.0 Å². The molecule has 0 bridgehead atoms. The summed E-state index contributed by atoms with van der Waals surface area (Å²) in [6, 6.07) is 8.87. The minimum atomic E-state index is 0.108. The van der Waals surface area contributed by atoms with Crippen molar-refractivity contribution in [2.45, 2.75) is 51.9 Å². The molecule has 0 radical (unpaired) electrons. The molecule has 114 valence electrons. The number of aryl methyl sites for hydroxylation is 1. The van der Waals surface area contributed by atoms with E-state index < -0.39 is 0 Å². The number of nitrogens with zero attached hydrogens (tertiary/aromatic N) is 1. The third-order valence-corrected chi connectivity index (χ3v) is 4.84. The maximum atomic E-state index is 5.99. The predicted octanol–water partition coefficient (Wildman–Crippen LogP) is 4.29. The lowest BCUT2D eigenvalue weighted by molar-refractivity contribution is 0.566. The van der Waals surface area contributed by atoms with Gasteiger partial charge in [-0.15, -0.1) is 11.3 Å². The smallest absolute Gasteiger partial charge is 0.0975 e. The van der Waals surface area contributed by atoms with E-state index in [1.54, 1.807) is 11.3 Å². The Morgan fingerprint density at radius 3 is 2.24 bits per heavy atom. The van der Waals surface area contributed by atoms with Gasteiger partial charge >= 0.3 is 0 Å². The van der Waals surface area contributed by atoms with E-state index in [0.29, 0.717) is 12.5 Å². The topological polar surface area (TPSA) is 38.9 Å². The fraction of sp³-hybridized carbons (Fsp3) is 0.500. The molecule has 2 aromatic rings. The molecule has 0 saturated carbocycles. The van der Waals surface area contributed by atoms with E-state index in [-0.39, 0.29) is 5.41 Å². The molecule has 2 N–H and O–H groups in total. The number of benzene rings is 1. The molecule has 1 heterocycles. The van der Waals surface area contributed by atoms with Crippen molar-refractivity contribution in [2.24, 2.45) is 5.73 Å². The van der Waals surface area contributed by atoms with Crippen LogP contribution in [0, 0.1) is 0 Å². The van der Waals surface area contributed by atoms with E-state index in [1.807, 2.05) is 0 Å². The van der Waals surface area contributed by atoms with Gasteiger partial charge in [-0.25, -0.2) is 4.98 Å². The maximum Gasteiger partial charge on any atom is 0.0975 e. The molecule has 0 spiro atoms. The van der Waals surface area contributed by atoms with Crippen LogP contribution in [0.5, 0.6) is 0 Å². The van der Waals surface area contributed by atoms with Gasteiger partial charge in [0.1, 0.15) is 0 Å². The van der Waals surface area contributed by atoms with Crippen LogP contribution in [0.2, 0.25) is 0 Å². The molecule has 2 rings (SSSR count). The molecule has 0 aliphatic rings. The lowest BCUT2D eigenvalue weighted by atomic mass is 9.93. The molecule has 0 aliphatic carbocycles. The van der Waals surface area contributed by atoms with Crippen molar-refractivity contribution in [3.63, 3.8) is 0 Å². The van der Waals surface area contributed by atoms with Crippen molar-refractivity contribution in [3.05, 3.63) is 51.5 Å². The second kappa shape index (κ2) is 6.71. The molecule has 1 unspecified atom stereocenters. The lowest BCUT2D eigenvalue weighted by Gasteiger charge is -2.16. The lowest BCUT2D eigenvalue weighted by Crippen LogP contribution is -2.16. The first-order valence-electron chi connectivity index (χ1n) is 7.67. The summed E-state index contributed by atoms with van der Waals surface area (Å²) in [4.78, 5) is 4.82. The van der Waals surface area contributed by atoms with E-state index in [2.05, 4.69) is 57.3 Å². The number of hydrogen-bond donors (Lipinski definition) is 1. The molecule has 1 atom stereocenters. The highest BCUT2D eigenvalue weighted by atomic mass is 32.1. The first-order valence-corrected chi connectivity index (χ1v) is 8.55. The van der Waals surface area contributed by atoms with Gasteiger partial charge in [0, 0.05) is 23.3 Å². The van der Waals surface area contributed by atoms with E-state index in [9.17, 15) is 0 Å². The molecular formula is C18H26N2S. The van der Waals surface area contributed by atoms with Crippen molar-refractivity contribution in [1.29, 1.82) is 0 Å². The van der Waals surface area contributed by atoms with Gasteiger partial charge in [-0.05, 0) is 24.0 Å². The quantitative estimate of drug-likeness (QED) is 0.895. The number of rotatable bonds is 5. The number of hydrogen-bond acceptors (Lipinski definition) is 3. The fourth-order valence-electron chi connectivity index (χ4n) is 2.29. The van der Waals surface area contributed by atoms with Crippen molar-refractivity contribution in [1.82, 2.24) is 4.98 Å². The zero-order chi connectivity index (χ0) is 15.5. The second-order valence-corrected chi connectivity index (χ2v) is 7.52. The molecule has 1 aromatic carbocycles. The van der Waals surface area contributed by atoms with Gasteiger partial charge < -0.3 is 5.73 Å². The summed E-state index contributed by atoms with van der Waals surface area (Å²) in [5, 5.41) is 3.35. The van der Waals surface area contributed by atoms with Crippen molar-refractivity contribution in [2.75, 3.05) is 6.54 Å². The fourth-order valence-corrected chi connectivity index (χ4v) is 3.45. The zero-order valence-electron chi connectivity index (χ0n) is 13.5. The van der Waals surface area contributed by atoms with Crippen LogP contribution in [-0.4, -0.2) is 11.5 Å². The Hall–Kier alpha value is -1.19. The summed E-state index contributed by atoms with van der Waals surface area (Å²) in [5.41, 5.74) is 9.99. The van der Waals surface area contributed by atoms with Crippen LogP contribution < -0.4 is 5.73 Å². The third-order valence-electron chi connectivity index (χ3n) is 3.84. The highest BCUT2D eigenvalue weighted by Crippen LogP contribution is 2.29. The van der Waals surface area contributed by atoms with E-state index in [1.165, 1.54) is 21.8 Å². The van der Waals surface area contributed by atoms with Gasteiger partial charge in [0.2, 0.25) is 0 Å². The molecule has 0 saturated heterocycles. The Bertz CT molecular complexity index is 564. The van der Waals surface area contributed by atoms with E-state index >= 15 is 0 Å². The van der Waals surface area contributed by atoms with Crippen molar-refractivity contribution < 1.29 is 0 Å². The Labute approximate surface area is 132 Å². The van der Waals surface area contributed by atoms with Crippen LogP contribution >= 0.6 is 11.3 Å². The summed E-state index contributed by atoms with van der Waals surface area (Å²) in [6.07, 6.45) is 2.06. The SMILES string of the molecule is CCc1ccc(CC(CN)c2nc(C(C)(C)C)cs2)cc1. The van der Waals surface area contributed by atoms with Gasteiger partial charge in [-0.2, -0.15) is 0 Å².